The zero-order valence-electron chi connectivity index (χ0n) is 6.01. The summed E-state index contributed by atoms with van der Waals surface area (Å²) < 4.78 is 0. The van der Waals surface area contributed by atoms with Crippen molar-refractivity contribution in [3.63, 3.8) is 0 Å². The molecule has 0 heterocycles. The van der Waals surface area contributed by atoms with Crippen LogP contribution in [0, 0.1) is 5.92 Å². The van der Waals surface area contributed by atoms with Gasteiger partial charge in [-0.05, 0) is 25.2 Å². The molecule has 1 saturated carbocycles. The molecule has 9 heavy (non-hydrogen) atoms. The van der Waals surface area contributed by atoms with E-state index < -0.39 is 0 Å². The summed E-state index contributed by atoms with van der Waals surface area (Å²) >= 11 is 0. The van der Waals surface area contributed by atoms with Crippen LogP contribution in [-0.4, -0.2) is 12.1 Å². The third-order valence-electron chi connectivity index (χ3n) is 2.30. The van der Waals surface area contributed by atoms with Gasteiger partial charge in [0.2, 0.25) is 0 Å². The van der Waals surface area contributed by atoms with E-state index in [2.05, 4.69) is 6.92 Å². The Kier molecular flexibility index (Phi) is 2.09. The first-order valence-corrected chi connectivity index (χ1v) is 3.71. The highest BCUT2D eigenvalue weighted by atomic mass is 14.7. The summed E-state index contributed by atoms with van der Waals surface area (Å²) in [6, 6.07) is 0.727. The summed E-state index contributed by atoms with van der Waals surface area (Å²) in [5.74, 6) is 0.685. The number of nitrogens with two attached hydrogens (primary N) is 2. The van der Waals surface area contributed by atoms with Crippen LogP contribution in [0.15, 0.2) is 0 Å². The van der Waals surface area contributed by atoms with Crippen LogP contribution in [0.4, 0.5) is 0 Å². The van der Waals surface area contributed by atoms with E-state index in [1.165, 1.54) is 6.42 Å². The molecule has 0 bridgehead atoms. The maximum absolute atomic E-state index is 5.79. The Morgan fingerprint density at radius 2 is 1.89 bits per heavy atom. The first-order chi connectivity index (χ1) is 4.20. The van der Waals surface area contributed by atoms with Crippen molar-refractivity contribution in [1.29, 1.82) is 0 Å². The predicted molar refractivity (Wildman–Crippen MR) is 39.0 cm³/mol. The molecule has 1 rings (SSSR count). The zero-order valence-corrected chi connectivity index (χ0v) is 6.01. The molecule has 54 valence electrons. The molecule has 0 amide bonds. The third-order valence-corrected chi connectivity index (χ3v) is 2.30. The molecule has 1 fully saturated rings. The van der Waals surface area contributed by atoms with Gasteiger partial charge in [-0.2, -0.15) is 0 Å². The molecule has 0 aromatic carbocycles. The van der Waals surface area contributed by atoms with Gasteiger partial charge in [0, 0.05) is 12.1 Å². The largest absolute Gasteiger partial charge is 0.328 e. The van der Waals surface area contributed by atoms with Gasteiger partial charge in [0.1, 0.15) is 0 Å². The van der Waals surface area contributed by atoms with Crippen molar-refractivity contribution in [2.24, 2.45) is 17.4 Å². The molecule has 4 N–H and O–H groups in total. The van der Waals surface area contributed by atoms with Gasteiger partial charge in [-0.15, -0.1) is 0 Å². The highest BCUT2D eigenvalue weighted by molar-refractivity contribution is 4.81. The lowest BCUT2D eigenvalue weighted by atomic mass is 9.84. The second kappa shape index (κ2) is 2.67. The zero-order chi connectivity index (χ0) is 6.85. The standard InChI is InChI=1S/C7H16N2/c1-5-2-3-6(8)4-7(5)9/h5-7H,2-4,8-9H2,1H3/t5?,6-,7-/m1/s1. The molecule has 3 atom stereocenters. The van der Waals surface area contributed by atoms with E-state index in [-0.39, 0.29) is 0 Å². The van der Waals surface area contributed by atoms with Gasteiger partial charge < -0.3 is 11.5 Å². The van der Waals surface area contributed by atoms with Gasteiger partial charge in [0.15, 0.2) is 0 Å². The van der Waals surface area contributed by atoms with E-state index in [0.29, 0.717) is 18.0 Å². The van der Waals surface area contributed by atoms with Gasteiger partial charge in [0.25, 0.3) is 0 Å². The lowest BCUT2D eigenvalue weighted by Gasteiger charge is -2.29. The summed E-state index contributed by atoms with van der Waals surface area (Å²) in [6.45, 7) is 2.20. The van der Waals surface area contributed by atoms with Gasteiger partial charge >= 0.3 is 0 Å². The second-order valence-corrected chi connectivity index (χ2v) is 3.21. The van der Waals surface area contributed by atoms with Crippen molar-refractivity contribution < 1.29 is 0 Å². The molecule has 0 saturated heterocycles. The van der Waals surface area contributed by atoms with Gasteiger partial charge in [-0.3, -0.25) is 0 Å². The van der Waals surface area contributed by atoms with Gasteiger partial charge in [-0.1, -0.05) is 6.92 Å². The summed E-state index contributed by atoms with van der Waals surface area (Å²) in [5.41, 5.74) is 11.5. The smallest absolute Gasteiger partial charge is 0.00792 e. The van der Waals surface area contributed by atoms with E-state index in [4.69, 9.17) is 11.5 Å². The highest BCUT2D eigenvalue weighted by Gasteiger charge is 2.21. The topological polar surface area (TPSA) is 52.0 Å². The quantitative estimate of drug-likeness (QED) is 0.498. The predicted octanol–water partition coefficient (Wildman–Crippen LogP) is 0.461. The maximum Gasteiger partial charge on any atom is 0.00792 e. The minimum absolute atomic E-state index is 0.355. The monoisotopic (exact) mass is 128 g/mol. The van der Waals surface area contributed by atoms with Gasteiger partial charge in [-0.25, -0.2) is 0 Å². The SMILES string of the molecule is CC1CC[C@@H](N)C[C@H]1N. The molecule has 1 aliphatic rings. The molecule has 2 nitrogen and oxygen atoms in total. The average molecular weight is 128 g/mol. The molecular weight excluding hydrogens is 112 g/mol. The van der Waals surface area contributed by atoms with E-state index in [1.54, 1.807) is 0 Å². The van der Waals surface area contributed by atoms with Crippen LogP contribution in [0.3, 0.4) is 0 Å². The van der Waals surface area contributed by atoms with E-state index in [9.17, 15) is 0 Å². The Morgan fingerprint density at radius 3 is 2.33 bits per heavy atom. The Morgan fingerprint density at radius 1 is 1.22 bits per heavy atom. The third kappa shape index (κ3) is 1.66. The highest BCUT2D eigenvalue weighted by Crippen LogP contribution is 2.20. The van der Waals surface area contributed by atoms with Crippen molar-refractivity contribution in [2.75, 3.05) is 0 Å². The Bertz CT molecular complexity index is 92.9. The lowest BCUT2D eigenvalue weighted by Crippen LogP contribution is -2.40. The number of hydrogen-bond donors (Lipinski definition) is 2. The number of hydrogen-bond acceptors (Lipinski definition) is 2. The Balaban J connectivity index is 2.35. The number of rotatable bonds is 0. The van der Waals surface area contributed by atoms with Crippen LogP contribution < -0.4 is 11.5 Å². The molecule has 0 spiro atoms. The van der Waals surface area contributed by atoms with Crippen LogP contribution in [0.2, 0.25) is 0 Å². The van der Waals surface area contributed by atoms with Gasteiger partial charge in [0.05, 0.1) is 0 Å². The average Bonchev–Trinajstić information content (AvgIpc) is 1.80. The molecular formula is C7H16N2. The first kappa shape index (κ1) is 7.03. The van der Waals surface area contributed by atoms with Crippen molar-refractivity contribution in [3.05, 3.63) is 0 Å². The Labute approximate surface area is 56.6 Å². The minimum atomic E-state index is 0.355. The summed E-state index contributed by atoms with van der Waals surface area (Å²) in [4.78, 5) is 0. The van der Waals surface area contributed by atoms with E-state index in [0.717, 1.165) is 12.8 Å². The van der Waals surface area contributed by atoms with Crippen LogP contribution in [0.25, 0.3) is 0 Å². The van der Waals surface area contributed by atoms with Crippen LogP contribution >= 0.6 is 0 Å². The van der Waals surface area contributed by atoms with E-state index in [1.807, 2.05) is 0 Å². The molecule has 0 aromatic heterocycles. The fourth-order valence-electron chi connectivity index (χ4n) is 1.39. The molecule has 0 aromatic rings. The molecule has 0 aliphatic heterocycles. The normalized spacial score (nSPS) is 45.0. The van der Waals surface area contributed by atoms with Crippen molar-refractivity contribution in [3.8, 4) is 0 Å². The van der Waals surface area contributed by atoms with Crippen LogP contribution in [-0.2, 0) is 0 Å². The minimum Gasteiger partial charge on any atom is -0.328 e. The van der Waals surface area contributed by atoms with E-state index >= 15 is 0 Å². The summed E-state index contributed by atoms with van der Waals surface area (Å²) in [5, 5.41) is 0. The van der Waals surface area contributed by atoms with Crippen molar-refractivity contribution >= 4 is 0 Å². The van der Waals surface area contributed by atoms with Crippen molar-refractivity contribution in [1.82, 2.24) is 0 Å². The molecule has 2 heteroatoms. The molecule has 1 unspecified atom stereocenters. The van der Waals surface area contributed by atoms with Crippen molar-refractivity contribution in [2.45, 2.75) is 38.3 Å². The van der Waals surface area contributed by atoms with Crippen LogP contribution in [0.1, 0.15) is 26.2 Å². The fourth-order valence-corrected chi connectivity index (χ4v) is 1.39. The van der Waals surface area contributed by atoms with Crippen LogP contribution in [0.5, 0.6) is 0 Å². The summed E-state index contributed by atoms with van der Waals surface area (Å²) in [6.07, 6.45) is 3.39. The maximum atomic E-state index is 5.79. The molecule has 0 radical (unpaired) electrons. The Hall–Kier alpha value is -0.0800. The fraction of sp³-hybridized carbons (Fsp3) is 1.00. The lowest BCUT2D eigenvalue weighted by molar-refractivity contribution is 0.301. The molecule has 1 aliphatic carbocycles. The first-order valence-electron chi connectivity index (χ1n) is 3.71. The second-order valence-electron chi connectivity index (χ2n) is 3.21. The summed E-state index contributed by atoms with van der Waals surface area (Å²) in [7, 11) is 0.